The third-order valence-corrected chi connectivity index (χ3v) is 6.16. The molecule has 1 amide bonds. The first-order valence-electron chi connectivity index (χ1n) is 11.9. The number of amides is 1. The second-order valence-electron chi connectivity index (χ2n) is 9.69. The first-order chi connectivity index (χ1) is 17.6. The molecule has 2 aliphatic rings. The lowest BCUT2D eigenvalue weighted by Crippen LogP contribution is -2.33. The summed E-state index contributed by atoms with van der Waals surface area (Å²) in [6.45, 7) is 5.78. The number of Topliss-reactive ketones (excluding diaryl/α,β-unsaturated/α-hetero) is 1. The van der Waals surface area contributed by atoms with Crippen LogP contribution in [0.15, 0.2) is 65.3 Å². The van der Waals surface area contributed by atoms with Crippen molar-refractivity contribution >= 4 is 17.4 Å². The van der Waals surface area contributed by atoms with Gasteiger partial charge in [-0.1, -0.05) is 19.9 Å². The molecule has 1 heterocycles. The Morgan fingerprint density at radius 3 is 2.59 bits per heavy atom. The Hall–Kier alpha value is -4.32. The van der Waals surface area contributed by atoms with Crippen LogP contribution in [0.5, 0.6) is 11.5 Å². The molecule has 4 rings (SSSR count). The minimum atomic E-state index is -0.701. The van der Waals surface area contributed by atoms with Crippen LogP contribution in [0.1, 0.15) is 45.1 Å². The Morgan fingerprint density at radius 2 is 1.92 bits per heavy atom. The van der Waals surface area contributed by atoms with Gasteiger partial charge in [-0.2, -0.15) is 5.26 Å². The monoisotopic (exact) mass is 505 g/mol. The van der Waals surface area contributed by atoms with Gasteiger partial charge in [-0.15, -0.1) is 0 Å². The minimum Gasteiger partial charge on any atom is -0.490 e. The number of rotatable bonds is 7. The van der Waals surface area contributed by atoms with Crippen LogP contribution in [0.3, 0.4) is 0 Å². The maximum Gasteiger partial charge on any atom is 0.262 e. The van der Waals surface area contributed by atoms with E-state index in [1.807, 2.05) is 13.8 Å². The molecule has 3 N–H and O–H groups in total. The molecule has 0 aromatic heterocycles. The highest BCUT2D eigenvalue weighted by atomic mass is 19.1. The summed E-state index contributed by atoms with van der Waals surface area (Å²) in [5.41, 5.74) is 7.46. The Balaban J connectivity index is 1.61. The summed E-state index contributed by atoms with van der Waals surface area (Å²) in [5, 5.41) is 12.5. The maximum atomic E-state index is 13.2. The van der Waals surface area contributed by atoms with Crippen LogP contribution in [0.4, 0.5) is 10.1 Å². The van der Waals surface area contributed by atoms with Crippen LogP contribution in [-0.2, 0) is 14.3 Å². The molecule has 9 heteroatoms. The summed E-state index contributed by atoms with van der Waals surface area (Å²) >= 11 is 0. The molecule has 0 saturated heterocycles. The van der Waals surface area contributed by atoms with E-state index in [1.54, 1.807) is 25.1 Å². The van der Waals surface area contributed by atoms with Gasteiger partial charge in [0.05, 0.1) is 12.5 Å². The van der Waals surface area contributed by atoms with Crippen LogP contribution < -0.4 is 20.5 Å². The number of halogens is 1. The second kappa shape index (κ2) is 10.3. The molecule has 1 aliphatic heterocycles. The zero-order valence-corrected chi connectivity index (χ0v) is 20.9. The van der Waals surface area contributed by atoms with Crippen molar-refractivity contribution in [1.82, 2.24) is 0 Å². The number of nitrogens with two attached hydrogens (primary N) is 1. The number of nitriles is 1. The Labute approximate surface area is 214 Å². The topological polar surface area (TPSA) is 124 Å². The lowest BCUT2D eigenvalue weighted by atomic mass is 9.70. The van der Waals surface area contributed by atoms with Crippen LogP contribution in [0, 0.1) is 22.6 Å². The zero-order chi connectivity index (χ0) is 26.7. The van der Waals surface area contributed by atoms with Crippen molar-refractivity contribution < 1.29 is 28.2 Å². The van der Waals surface area contributed by atoms with Crippen molar-refractivity contribution in [3.63, 3.8) is 0 Å². The molecule has 0 fully saturated rings. The highest BCUT2D eigenvalue weighted by Gasteiger charge is 2.43. The first kappa shape index (κ1) is 25.8. The van der Waals surface area contributed by atoms with E-state index in [4.69, 9.17) is 19.9 Å². The molecule has 2 aromatic rings. The number of allylic oxidation sites excluding steroid dienone is 3. The van der Waals surface area contributed by atoms with Gasteiger partial charge in [0.25, 0.3) is 5.91 Å². The highest BCUT2D eigenvalue weighted by molar-refractivity contribution is 6.00. The lowest BCUT2D eigenvalue weighted by molar-refractivity contribution is -0.119. The fourth-order valence-electron chi connectivity index (χ4n) is 4.58. The Kier molecular flexibility index (Phi) is 7.21. The molecule has 37 heavy (non-hydrogen) atoms. The van der Waals surface area contributed by atoms with Gasteiger partial charge < -0.3 is 25.3 Å². The molecule has 1 atom stereocenters. The number of nitrogens with zero attached hydrogens (tertiary/aromatic N) is 1. The van der Waals surface area contributed by atoms with Crippen molar-refractivity contribution in [2.45, 2.75) is 39.5 Å². The second-order valence-corrected chi connectivity index (χ2v) is 9.69. The van der Waals surface area contributed by atoms with Gasteiger partial charge in [0, 0.05) is 24.1 Å². The number of carbonyl (C=O) groups excluding carboxylic acids is 2. The van der Waals surface area contributed by atoms with Gasteiger partial charge >= 0.3 is 0 Å². The van der Waals surface area contributed by atoms with Gasteiger partial charge in [-0.25, -0.2) is 4.39 Å². The van der Waals surface area contributed by atoms with Gasteiger partial charge in [-0.3, -0.25) is 9.59 Å². The third-order valence-electron chi connectivity index (χ3n) is 6.16. The predicted molar refractivity (Wildman–Crippen MR) is 134 cm³/mol. The first-order valence-corrected chi connectivity index (χ1v) is 11.9. The van der Waals surface area contributed by atoms with Crippen molar-refractivity contribution in [2.24, 2.45) is 11.1 Å². The molecule has 0 bridgehead atoms. The van der Waals surface area contributed by atoms with Crippen molar-refractivity contribution in [2.75, 3.05) is 18.5 Å². The molecular formula is C28H28FN3O5. The Morgan fingerprint density at radius 1 is 1.19 bits per heavy atom. The number of hydrogen-bond acceptors (Lipinski definition) is 7. The summed E-state index contributed by atoms with van der Waals surface area (Å²) < 4.78 is 30.3. The summed E-state index contributed by atoms with van der Waals surface area (Å²) in [6.07, 6.45) is 0.847. The van der Waals surface area contributed by atoms with Crippen molar-refractivity contribution in [3.8, 4) is 17.6 Å². The van der Waals surface area contributed by atoms with E-state index >= 15 is 0 Å². The van der Waals surface area contributed by atoms with Gasteiger partial charge in [-0.05, 0) is 54.3 Å². The van der Waals surface area contributed by atoms with Crippen molar-refractivity contribution in [1.29, 1.82) is 5.26 Å². The lowest BCUT2D eigenvalue weighted by Gasteiger charge is -2.37. The standard InChI is InChI=1S/C28H28FN3O5/c1-4-35-22-11-16(5-10-21(22)36-15-24(34)32-18-8-6-17(29)7-9-18)25-19(14-30)27(31)37-23-13-28(2,3)12-20(33)26(23)25/h5-11,25H,4,12-13,15,31H2,1-3H3,(H,32,34). The van der Waals surface area contributed by atoms with E-state index in [0.717, 1.165) is 0 Å². The fraction of sp³-hybridized carbons (Fsp3) is 0.321. The number of ketones is 1. The van der Waals surface area contributed by atoms with Crippen molar-refractivity contribution in [3.05, 3.63) is 76.6 Å². The predicted octanol–water partition coefficient (Wildman–Crippen LogP) is 4.69. The smallest absolute Gasteiger partial charge is 0.262 e. The third kappa shape index (κ3) is 5.59. The summed E-state index contributed by atoms with van der Waals surface area (Å²) in [7, 11) is 0. The minimum absolute atomic E-state index is 0.0208. The normalized spacial score (nSPS) is 18.5. The number of ether oxygens (including phenoxy) is 3. The highest BCUT2D eigenvalue weighted by Crippen LogP contribution is 2.48. The number of anilines is 1. The molecule has 192 valence electrons. The average molecular weight is 506 g/mol. The number of carbonyl (C=O) groups is 2. The largest absolute Gasteiger partial charge is 0.490 e. The summed E-state index contributed by atoms with van der Waals surface area (Å²) in [6, 6.07) is 12.5. The molecule has 8 nitrogen and oxygen atoms in total. The molecule has 0 spiro atoms. The van der Waals surface area contributed by atoms with E-state index < -0.39 is 17.6 Å². The molecule has 0 saturated carbocycles. The average Bonchev–Trinajstić information content (AvgIpc) is 2.83. The summed E-state index contributed by atoms with van der Waals surface area (Å²) in [5.74, 6) is -0.505. The zero-order valence-electron chi connectivity index (χ0n) is 20.9. The van der Waals surface area contributed by atoms with Crippen LogP contribution >= 0.6 is 0 Å². The molecule has 1 aliphatic carbocycles. The van der Waals surface area contributed by atoms with Crippen LogP contribution in [0.25, 0.3) is 0 Å². The van der Waals surface area contributed by atoms with Crippen LogP contribution in [-0.4, -0.2) is 24.9 Å². The van der Waals surface area contributed by atoms with Gasteiger partial charge in [0.2, 0.25) is 5.88 Å². The SMILES string of the molecule is CCOc1cc(C2C(C#N)=C(N)OC3=C2C(=O)CC(C)(C)C3)ccc1OCC(=O)Nc1ccc(F)cc1. The molecular weight excluding hydrogens is 477 g/mol. The molecule has 0 radical (unpaired) electrons. The number of benzene rings is 2. The van der Waals surface area contributed by atoms with Gasteiger partial charge in [0.1, 0.15) is 23.2 Å². The quantitative estimate of drug-likeness (QED) is 0.559. The summed E-state index contributed by atoms with van der Waals surface area (Å²) in [4.78, 5) is 25.5. The van der Waals surface area contributed by atoms with E-state index in [2.05, 4.69) is 11.4 Å². The Bertz CT molecular complexity index is 1340. The molecule has 2 aromatic carbocycles. The number of nitrogens with one attached hydrogen (secondary N) is 1. The van der Waals surface area contributed by atoms with E-state index in [0.29, 0.717) is 53.5 Å². The maximum absolute atomic E-state index is 13.2. The van der Waals surface area contributed by atoms with E-state index in [-0.39, 0.29) is 29.3 Å². The van der Waals surface area contributed by atoms with E-state index in [9.17, 15) is 19.2 Å². The van der Waals surface area contributed by atoms with Gasteiger partial charge in [0.15, 0.2) is 23.9 Å². The number of hydrogen-bond donors (Lipinski definition) is 2. The van der Waals surface area contributed by atoms with Crippen LogP contribution in [0.2, 0.25) is 0 Å². The fourth-order valence-corrected chi connectivity index (χ4v) is 4.58. The van der Waals surface area contributed by atoms with E-state index in [1.165, 1.54) is 24.3 Å². The molecule has 1 unspecified atom stereocenters.